The van der Waals surface area contributed by atoms with Gasteiger partial charge in [0, 0.05) is 57.4 Å². The van der Waals surface area contributed by atoms with Crippen molar-refractivity contribution < 1.29 is 8.76 Å². The molecule has 0 aromatic heterocycles. The third kappa shape index (κ3) is 2.86. The zero-order valence-corrected chi connectivity index (χ0v) is 14.3. The second-order valence-corrected chi connectivity index (χ2v) is 4.67. The molecule has 17 heavy (non-hydrogen) atoms. The van der Waals surface area contributed by atoms with Crippen LogP contribution in [0.15, 0.2) is 41.3 Å². The molecule has 0 aliphatic rings. The SMILES string of the molecule is CN(C)c1cccc2c(S(=O)[O-])cccc12.[Pb]. The topological polar surface area (TPSA) is 43.4 Å². The van der Waals surface area contributed by atoms with Gasteiger partial charge in [0.25, 0.3) is 0 Å². The maximum Gasteiger partial charge on any atom is 0.0441 e. The molecule has 88 valence electrons. The van der Waals surface area contributed by atoms with E-state index in [1.807, 2.05) is 43.3 Å². The maximum atomic E-state index is 11.1. The van der Waals surface area contributed by atoms with E-state index in [1.54, 1.807) is 12.1 Å². The van der Waals surface area contributed by atoms with Gasteiger partial charge < -0.3 is 9.45 Å². The first-order valence-corrected chi connectivity index (χ1v) is 5.97. The summed E-state index contributed by atoms with van der Waals surface area (Å²) in [6.07, 6.45) is 0. The summed E-state index contributed by atoms with van der Waals surface area (Å²) < 4.78 is 22.2. The zero-order valence-electron chi connectivity index (χ0n) is 9.64. The van der Waals surface area contributed by atoms with Crippen LogP contribution in [0.25, 0.3) is 10.8 Å². The first-order valence-electron chi connectivity index (χ1n) is 4.89. The molecule has 4 radical (unpaired) electrons. The molecule has 0 saturated carbocycles. The van der Waals surface area contributed by atoms with Crippen LogP contribution in [-0.4, -0.2) is 50.2 Å². The summed E-state index contributed by atoms with van der Waals surface area (Å²) >= 11 is -2.19. The van der Waals surface area contributed by atoms with Gasteiger partial charge in [-0.05, 0) is 28.6 Å². The third-order valence-corrected chi connectivity index (χ3v) is 3.24. The first-order chi connectivity index (χ1) is 7.61. The third-order valence-electron chi connectivity index (χ3n) is 2.52. The largest absolute Gasteiger partial charge is 0.768 e. The molecular weight excluding hydrogens is 429 g/mol. The van der Waals surface area contributed by atoms with Crippen molar-refractivity contribution in [3.63, 3.8) is 0 Å². The average Bonchev–Trinajstić information content (AvgIpc) is 2.27. The van der Waals surface area contributed by atoms with Crippen molar-refractivity contribution in [3.8, 4) is 0 Å². The number of hydrogen-bond acceptors (Lipinski definition) is 3. The molecule has 0 spiro atoms. The Labute approximate surface area is 123 Å². The molecule has 2 aromatic carbocycles. The summed E-state index contributed by atoms with van der Waals surface area (Å²) in [7, 11) is 3.88. The van der Waals surface area contributed by atoms with E-state index in [0.717, 1.165) is 16.5 Å². The van der Waals surface area contributed by atoms with E-state index in [2.05, 4.69) is 0 Å². The van der Waals surface area contributed by atoms with Gasteiger partial charge in [-0.1, -0.05) is 24.3 Å². The van der Waals surface area contributed by atoms with Gasteiger partial charge in [-0.2, -0.15) is 0 Å². The molecule has 0 aliphatic heterocycles. The van der Waals surface area contributed by atoms with E-state index in [4.69, 9.17) is 0 Å². The van der Waals surface area contributed by atoms with E-state index in [9.17, 15) is 8.76 Å². The van der Waals surface area contributed by atoms with Crippen LogP contribution in [0.3, 0.4) is 0 Å². The Kier molecular flexibility index (Phi) is 5.08. The molecular formula is C12H12NO2PbS-. The molecule has 1 unspecified atom stereocenters. The smallest absolute Gasteiger partial charge is 0.0441 e. The van der Waals surface area contributed by atoms with Crippen LogP contribution in [0, 0.1) is 0 Å². The number of rotatable bonds is 2. The van der Waals surface area contributed by atoms with Crippen molar-refractivity contribution in [1.82, 2.24) is 0 Å². The number of nitrogens with zero attached hydrogens (tertiary/aromatic N) is 1. The van der Waals surface area contributed by atoms with Gasteiger partial charge in [0.05, 0.1) is 0 Å². The molecule has 0 heterocycles. The number of anilines is 1. The molecule has 0 amide bonds. The molecule has 0 saturated heterocycles. The summed E-state index contributed by atoms with van der Waals surface area (Å²) in [4.78, 5) is 2.32. The maximum absolute atomic E-state index is 11.1. The predicted octanol–water partition coefficient (Wildman–Crippen LogP) is 1.76. The standard InChI is InChI=1S/C12H13NO2S.Pb/c1-13(2)11-7-3-6-10-9(11)5-4-8-12(10)16(14)15;/h3-8H,1-2H3,(H,14,15);/p-1. The van der Waals surface area contributed by atoms with Gasteiger partial charge in [-0.3, -0.25) is 4.21 Å². The fourth-order valence-electron chi connectivity index (χ4n) is 1.80. The molecule has 2 aromatic rings. The van der Waals surface area contributed by atoms with Crippen molar-refractivity contribution >= 4 is 54.8 Å². The van der Waals surface area contributed by atoms with Gasteiger partial charge in [-0.15, -0.1) is 0 Å². The minimum absolute atomic E-state index is 0. The van der Waals surface area contributed by atoms with Crippen LogP contribution < -0.4 is 4.90 Å². The van der Waals surface area contributed by atoms with E-state index < -0.39 is 11.1 Å². The van der Waals surface area contributed by atoms with Crippen LogP contribution >= 0.6 is 0 Å². The number of hydrogen-bond donors (Lipinski definition) is 0. The van der Waals surface area contributed by atoms with Gasteiger partial charge in [0.1, 0.15) is 0 Å². The first kappa shape index (κ1) is 14.6. The van der Waals surface area contributed by atoms with E-state index in [1.165, 1.54) is 0 Å². The van der Waals surface area contributed by atoms with Crippen molar-refractivity contribution in [2.75, 3.05) is 19.0 Å². The van der Waals surface area contributed by atoms with Crippen molar-refractivity contribution in [2.24, 2.45) is 0 Å². The van der Waals surface area contributed by atoms with Gasteiger partial charge in [0.2, 0.25) is 0 Å². The molecule has 0 N–H and O–H groups in total. The monoisotopic (exact) mass is 442 g/mol. The van der Waals surface area contributed by atoms with Crippen LogP contribution in [0.5, 0.6) is 0 Å². The second-order valence-electron chi connectivity index (χ2n) is 3.76. The molecule has 2 rings (SSSR count). The van der Waals surface area contributed by atoms with E-state index in [0.29, 0.717) is 4.90 Å². The van der Waals surface area contributed by atoms with Gasteiger partial charge >= 0.3 is 0 Å². The van der Waals surface area contributed by atoms with Gasteiger partial charge in [0.15, 0.2) is 0 Å². The quantitative estimate of drug-likeness (QED) is 0.527. The molecule has 1 atom stereocenters. The van der Waals surface area contributed by atoms with Crippen LogP contribution in [0.1, 0.15) is 0 Å². The second kappa shape index (κ2) is 5.92. The summed E-state index contributed by atoms with van der Waals surface area (Å²) in [5, 5.41) is 1.72. The molecule has 5 heteroatoms. The van der Waals surface area contributed by atoms with Gasteiger partial charge in [-0.25, -0.2) is 0 Å². The zero-order chi connectivity index (χ0) is 11.7. The number of fused-ring (bicyclic) bond motifs is 1. The fraction of sp³-hybridized carbons (Fsp3) is 0.167. The number of benzene rings is 2. The molecule has 0 bridgehead atoms. The predicted molar refractivity (Wildman–Crippen MR) is 71.2 cm³/mol. The Bertz CT molecular complexity index is 557. The fourth-order valence-corrected chi connectivity index (χ4v) is 2.35. The van der Waals surface area contributed by atoms with Crippen molar-refractivity contribution in [3.05, 3.63) is 36.4 Å². The minimum atomic E-state index is -2.19. The van der Waals surface area contributed by atoms with Crippen LogP contribution in [0.2, 0.25) is 0 Å². The molecule has 0 aliphatic carbocycles. The summed E-state index contributed by atoms with van der Waals surface area (Å²) in [6, 6.07) is 11.0. The van der Waals surface area contributed by atoms with Crippen molar-refractivity contribution in [2.45, 2.75) is 4.90 Å². The summed E-state index contributed by atoms with van der Waals surface area (Å²) in [5.41, 5.74) is 1.02. The van der Waals surface area contributed by atoms with E-state index >= 15 is 0 Å². The Morgan fingerprint density at radius 2 is 1.65 bits per heavy atom. The van der Waals surface area contributed by atoms with Crippen LogP contribution in [-0.2, 0) is 11.1 Å². The Hall–Kier alpha value is -0.468. The van der Waals surface area contributed by atoms with Crippen molar-refractivity contribution in [1.29, 1.82) is 0 Å². The van der Waals surface area contributed by atoms with Crippen LogP contribution in [0.4, 0.5) is 5.69 Å². The normalized spacial score (nSPS) is 11.9. The Morgan fingerprint density at radius 1 is 1.06 bits per heavy atom. The molecule has 0 fully saturated rings. The Balaban J connectivity index is 0.00000144. The average molecular weight is 441 g/mol. The van der Waals surface area contributed by atoms with E-state index in [-0.39, 0.29) is 27.3 Å². The Morgan fingerprint density at radius 3 is 2.24 bits per heavy atom. The summed E-state index contributed by atoms with van der Waals surface area (Å²) in [6.45, 7) is 0. The molecule has 3 nitrogen and oxygen atoms in total. The minimum Gasteiger partial charge on any atom is -0.768 e. The summed E-state index contributed by atoms with van der Waals surface area (Å²) in [5.74, 6) is 0.